The molecule has 0 radical (unpaired) electrons. The van der Waals surface area contributed by atoms with Gasteiger partial charge in [0.25, 0.3) is 0 Å². The Labute approximate surface area is 90.2 Å². The molecule has 15 heavy (non-hydrogen) atoms. The van der Waals surface area contributed by atoms with Crippen LogP contribution in [0.1, 0.15) is 18.9 Å². The second-order valence-corrected chi connectivity index (χ2v) is 3.44. The minimum absolute atomic E-state index is 0.685. The minimum Gasteiger partial charge on any atom is -0.493 e. The Morgan fingerprint density at radius 2 is 2.27 bits per heavy atom. The zero-order valence-corrected chi connectivity index (χ0v) is 8.99. The van der Waals surface area contributed by atoms with E-state index in [2.05, 4.69) is 10.3 Å². The van der Waals surface area contributed by atoms with E-state index in [1.54, 1.807) is 0 Å². The summed E-state index contributed by atoms with van der Waals surface area (Å²) in [6.45, 7) is 4.58. The van der Waals surface area contributed by atoms with Gasteiger partial charge in [-0.1, -0.05) is 12.1 Å². The summed E-state index contributed by atoms with van der Waals surface area (Å²) in [5, 5.41) is 3.30. The van der Waals surface area contributed by atoms with Crippen LogP contribution in [0.3, 0.4) is 0 Å². The summed E-state index contributed by atoms with van der Waals surface area (Å²) in [5.74, 6) is 1.87. The van der Waals surface area contributed by atoms with Crippen LogP contribution in [0.5, 0.6) is 5.75 Å². The molecule has 2 rings (SSSR count). The Morgan fingerprint density at radius 3 is 3.00 bits per heavy atom. The summed E-state index contributed by atoms with van der Waals surface area (Å²) in [4.78, 5) is 4.47. The fraction of sp³-hybridized carbons (Fsp3) is 0.417. The number of nitrogens with zero attached hydrogens (tertiary/aromatic N) is 1. The highest BCUT2D eigenvalue weighted by atomic mass is 16.5. The molecule has 0 fully saturated rings. The predicted octanol–water partition coefficient (Wildman–Crippen LogP) is 1.83. The zero-order chi connectivity index (χ0) is 10.5. The van der Waals surface area contributed by atoms with E-state index in [4.69, 9.17) is 4.74 Å². The third kappa shape index (κ3) is 2.29. The molecule has 0 atom stereocenters. The lowest BCUT2D eigenvalue weighted by molar-refractivity contribution is 0.339. The van der Waals surface area contributed by atoms with E-state index in [9.17, 15) is 0 Å². The Hall–Kier alpha value is -1.51. The molecular weight excluding hydrogens is 188 g/mol. The van der Waals surface area contributed by atoms with Crippen LogP contribution in [0.15, 0.2) is 29.3 Å². The highest BCUT2D eigenvalue weighted by Gasteiger charge is 2.11. The van der Waals surface area contributed by atoms with Crippen LogP contribution < -0.4 is 10.1 Å². The average molecular weight is 204 g/mol. The molecular formula is C12H16N2O. The summed E-state index contributed by atoms with van der Waals surface area (Å²) in [6, 6.07) is 8.02. The monoisotopic (exact) mass is 204 g/mol. The highest BCUT2D eigenvalue weighted by molar-refractivity contribution is 6.01. The van der Waals surface area contributed by atoms with Crippen LogP contribution in [-0.4, -0.2) is 25.5 Å². The lowest BCUT2D eigenvalue weighted by Crippen LogP contribution is -2.30. The van der Waals surface area contributed by atoms with Gasteiger partial charge in [0.15, 0.2) is 0 Å². The summed E-state index contributed by atoms with van der Waals surface area (Å²) in [6.07, 6.45) is 1.11. The first kappa shape index (κ1) is 10.0. The number of ether oxygens (including phenoxy) is 1. The highest BCUT2D eigenvalue weighted by Crippen LogP contribution is 2.18. The van der Waals surface area contributed by atoms with Gasteiger partial charge >= 0.3 is 0 Å². The summed E-state index contributed by atoms with van der Waals surface area (Å²) in [5.41, 5.74) is 1.07. The molecule has 1 aliphatic heterocycles. The van der Waals surface area contributed by atoms with E-state index in [0.717, 1.165) is 36.7 Å². The molecule has 1 aromatic rings. The van der Waals surface area contributed by atoms with Crippen molar-refractivity contribution in [2.75, 3.05) is 19.7 Å². The van der Waals surface area contributed by atoms with Crippen molar-refractivity contribution in [2.24, 2.45) is 4.99 Å². The number of rotatable bonds is 3. The average Bonchev–Trinajstić information content (AvgIpc) is 2.31. The number of nitrogens with one attached hydrogen (secondary N) is 1. The zero-order valence-electron chi connectivity index (χ0n) is 8.99. The van der Waals surface area contributed by atoms with E-state index in [1.165, 1.54) is 0 Å². The quantitative estimate of drug-likeness (QED) is 0.815. The SMILES string of the molecule is CCOc1ccccc1C1=NCCCN1. The fourth-order valence-corrected chi connectivity index (χ4v) is 1.66. The van der Waals surface area contributed by atoms with E-state index in [-0.39, 0.29) is 0 Å². The van der Waals surface area contributed by atoms with E-state index in [1.807, 2.05) is 31.2 Å². The van der Waals surface area contributed by atoms with Crippen molar-refractivity contribution in [1.29, 1.82) is 0 Å². The van der Waals surface area contributed by atoms with Gasteiger partial charge in [-0.3, -0.25) is 4.99 Å². The molecule has 1 heterocycles. The van der Waals surface area contributed by atoms with Crippen LogP contribution in [0, 0.1) is 0 Å². The smallest absolute Gasteiger partial charge is 0.132 e. The largest absolute Gasteiger partial charge is 0.493 e. The summed E-state index contributed by atoms with van der Waals surface area (Å²) >= 11 is 0. The van der Waals surface area contributed by atoms with Crippen molar-refractivity contribution in [3.05, 3.63) is 29.8 Å². The first-order valence-corrected chi connectivity index (χ1v) is 5.42. The molecule has 0 unspecified atom stereocenters. The van der Waals surface area contributed by atoms with Crippen LogP contribution in [0.25, 0.3) is 0 Å². The maximum Gasteiger partial charge on any atom is 0.132 e. The van der Waals surface area contributed by atoms with E-state index in [0.29, 0.717) is 6.61 Å². The molecule has 0 saturated heterocycles. The Morgan fingerprint density at radius 1 is 1.40 bits per heavy atom. The molecule has 1 aromatic carbocycles. The van der Waals surface area contributed by atoms with Gasteiger partial charge in [0.2, 0.25) is 0 Å². The number of hydrogen-bond acceptors (Lipinski definition) is 3. The first-order valence-electron chi connectivity index (χ1n) is 5.42. The first-order chi connectivity index (χ1) is 7.42. The van der Waals surface area contributed by atoms with Gasteiger partial charge in [-0.15, -0.1) is 0 Å². The van der Waals surface area contributed by atoms with Gasteiger partial charge in [0, 0.05) is 13.1 Å². The minimum atomic E-state index is 0.685. The van der Waals surface area contributed by atoms with Crippen molar-refractivity contribution in [1.82, 2.24) is 5.32 Å². The van der Waals surface area contributed by atoms with Gasteiger partial charge < -0.3 is 10.1 Å². The van der Waals surface area contributed by atoms with Crippen molar-refractivity contribution in [2.45, 2.75) is 13.3 Å². The van der Waals surface area contributed by atoms with Gasteiger partial charge in [-0.25, -0.2) is 0 Å². The molecule has 0 amide bonds. The molecule has 3 nitrogen and oxygen atoms in total. The van der Waals surface area contributed by atoms with Crippen molar-refractivity contribution < 1.29 is 4.74 Å². The van der Waals surface area contributed by atoms with Crippen LogP contribution in [0.4, 0.5) is 0 Å². The number of amidine groups is 1. The number of aliphatic imine (C=N–C) groups is 1. The molecule has 0 spiro atoms. The third-order valence-electron chi connectivity index (χ3n) is 2.34. The Bertz CT molecular complexity index is 360. The summed E-state index contributed by atoms with van der Waals surface area (Å²) < 4.78 is 5.57. The lowest BCUT2D eigenvalue weighted by atomic mass is 10.1. The number of hydrogen-bond donors (Lipinski definition) is 1. The number of benzene rings is 1. The van der Waals surface area contributed by atoms with Gasteiger partial charge in [0.05, 0.1) is 12.2 Å². The van der Waals surface area contributed by atoms with Gasteiger partial charge in [0.1, 0.15) is 11.6 Å². The van der Waals surface area contributed by atoms with Crippen molar-refractivity contribution in [3.63, 3.8) is 0 Å². The Kier molecular flexibility index (Phi) is 3.22. The molecule has 3 heteroatoms. The second kappa shape index (κ2) is 4.82. The molecule has 0 aromatic heterocycles. The fourth-order valence-electron chi connectivity index (χ4n) is 1.66. The standard InChI is InChI=1S/C12H16N2O/c1-2-15-11-7-4-3-6-10(11)12-13-8-5-9-14-12/h3-4,6-7H,2,5,8-9H2,1H3,(H,13,14). The molecule has 80 valence electrons. The van der Waals surface area contributed by atoms with Crippen LogP contribution in [-0.2, 0) is 0 Å². The van der Waals surface area contributed by atoms with E-state index < -0.39 is 0 Å². The molecule has 0 bridgehead atoms. The van der Waals surface area contributed by atoms with Crippen molar-refractivity contribution >= 4 is 5.84 Å². The molecule has 1 aliphatic rings. The molecule has 0 saturated carbocycles. The maximum absolute atomic E-state index is 5.57. The number of para-hydroxylation sites is 1. The Balaban J connectivity index is 2.29. The van der Waals surface area contributed by atoms with Gasteiger partial charge in [-0.2, -0.15) is 0 Å². The molecule has 0 aliphatic carbocycles. The van der Waals surface area contributed by atoms with E-state index >= 15 is 0 Å². The lowest BCUT2D eigenvalue weighted by Gasteiger charge is -2.17. The van der Waals surface area contributed by atoms with Crippen molar-refractivity contribution in [3.8, 4) is 5.75 Å². The predicted molar refractivity (Wildman–Crippen MR) is 61.6 cm³/mol. The normalized spacial score (nSPS) is 15.4. The third-order valence-corrected chi connectivity index (χ3v) is 2.34. The maximum atomic E-state index is 5.57. The van der Waals surface area contributed by atoms with Gasteiger partial charge in [-0.05, 0) is 25.5 Å². The second-order valence-electron chi connectivity index (χ2n) is 3.44. The van der Waals surface area contributed by atoms with Crippen LogP contribution in [0.2, 0.25) is 0 Å². The van der Waals surface area contributed by atoms with Crippen LogP contribution >= 0.6 is 0 Å². The molecule has 1 N–H and O–H groups in total. The topological polar surface area (TPSA) is 33.6 Å². The summed E-state index contributed by atoms with van der Waals surface area (Å²) in [7, 11) is 0.